The third-order valence-electron chi connectivity index (χ3n) is 2.22. The maximum absolute atomic E-state index is 3.33. The number of hydrogen-bond acceptors (Lipinski definition) is 2. The Morgan fingerprint density at radius 3 is 1.92 bits per heavy atom. The van der Waals surface area contributed by atoms with E-state index in [2.05, 4.69) is 38.0 Å². The van der Waals surface area contributed by atoms with E-state index in [1.807, 2.05) is 20.9 Å². The largest absolute Gasteiger partial charge is 0.315 e. The normalized spacial score (nSPS) is 12.7. The highest BCUT2D eigenvalue weighted by molar-refractivity contribution is 4.71. The smallest absolute Gasteiger partial charge is 0.0214 e. The molecule has 0 aliphatic rings. The molecule has 13 heavy (non-hydrogen) atoms. The van der Waals surface area contributed by atoms with Crippen molar-refractivity contribution >= 4 is 0 Å². The molecule has 0 aromatic rings. The minimum Gasteiger partial charge on any atom is -0.315 e. The summed E-state index contributed by atoms with van der Waals surface area (Å²) in [7, 11) is 4.20. The first-order valence-corrected chi connectivity index (χ1v) is 5.47. The maximum atomic E-state index is 3.33. The molecular formula is C11H28N2. The standard InChI is InChI=1S/C9H22N2.C2H6/c1-6-11(5)7-9(10-4)8(2)3;1-2/h8-10H,6-7H2,1-5H3;1-2H3. The highest BCUT2D eigenvalue weighted by Gasteiger charge is 2.11. The van der Waals surface area contributed by atoms with Gasteiger partial charge in [0.1, 0.15) is 0 Å². The summed E-state index contributed by atoms with van der Waals surface area (Å²) in [5, 5.41) is 3.33. The molecule has 0 saturated carbocycles. The van der Waals surface area contributed by atoms with Crippen LogP contribution in [0.15, 0.2) is 0 Å². The van der Waals surface area contributed by atoms with Gasteiger partial charge in [-0.15, -0.1) is 0 Å². The molecule has 0 heterocycles. The van der Waals surface area contributed by atoms with Crippen LogP contribution in [0.1, 0.15) is 34.6 Å². The second-order valence-corrected chi connectivity index (χ2v) is 3.49. The van der Waals surface area contributed by atoms with Crippen LogP contribution in [0.25, 0.3) is 0 Å². The molecule has 0 amide bonds. The number of rotatable bonds is 5. The van der Waals surface area contributed by atoms with Crippen molar-refractivity contribution in [3.63, 3.8) is 0 Å². The van der Waals surface area contributed by atoms with Gasteiger partial charge >= 0.3 is 0 Å². The van der Waals surface area contributed by atoms with Crippen LogP contribution in [0.2, 0.25) is 0 Å². The van der Waals surface area contributed by atoms with Gasteiger partial charge in [0.15, 0.2) is 0 Å². The molecule has 1 unspecified atom stereocenters. The van der Waals surface area contributed by atoms with Gasteiger partial charge in [0, 0.05) is 12.6 Å². The number of likely N-dealkylation sites (N-methyl/N-ethyl adjacent to an activating group) is 2. The van der Waals surface area contributed by atoms with Crippen molar-refractivity contribution in [2.45, 2.75) is 40.7 Å². The average molecular weight is 188 g/mol. The van der Waals surface area contributed by atoms with E-state index in [0.717, 1.165) is 13.1 Å². The molecule has 2 nitrogen and oxygen atoms in total. The van der Waals surface area contributed by atoms with Crippen LogP contribution in [0.3, 0.4) is 0 Å². The molecule has 0 spiro atoms. The maximum Gasteiger partial charge on any atom is 0.0214 e. The van der Waals surface area contributed by atoms with Gasteiger partial charge in [-0.1, -0.05) is 34.6 Å². The lowest BCUT2D eigenvalue weighted by Crippen LogP contribution is -2.41. The molecule has 2 heteroatoms. The van der Waals surface area contributed by atoms with Crippen LogP contribution >= 0.6 is 0 Å². The van der Waals surface area contributed by atoms with E-state index in [1.165, 1.54) is 0 Å². The Kier molecular flexibility index (Phi) is 11.8. The van der Waals surface area contributed by atoms with Crippen LogP contribution < -0.4 is 5.32 Å². The molecule has 1 N–H and O–H groups in total. The van der Waals surface area contributed by atoms with E-state index in [1.54, 1.807) is 0 Å². The van der Waals surface area contributed by atoms with Gasteiger partial charge in [-0.2, -0.15) is 0 Å². The summed E-state index contributed by atoms with van der Waals surface area (Å²) in [6, 6.07) is 0.625. The van der Waals surface area contributed by atoms with E-state index in [0.29, 0.717) is 12.0 Å². The first kappa shape index (κ1) is 15.4. The zero-order valence-corrected chi connectivity index (χ0v) is 10.5. The molecule has 0 rings (SSSR count). The van der Waals surface area contributed by atoms with Crippen molar-refractivity contribution in [1.82, 2.24) is 10.2 Å². The van der Waals surface area contributed by atoms with Crippen molar-refractivity contribution in [1.29, 1.82) is 0 Å². The van der Waals surface area contributed by atoms with Crippen molar-refractivity contribution in [2.24, 2.45) is 5.92 Å². The Balaban J connectivity index is 0. The van der Waals surface area contributed by atoms with Gasteiger partial charge in [-0.05, 0) is 26.6 Å². The molecule has 82 valence electrons. The number of nitrogens with one attached hydrogen (secondary N) is 1. The second-order valence-electron chi connectivity index (χ2n) is 3.49. The summed E-state index contributed by atoms with van der Waals surface area (Å²) >= 11 is 0. The number of nitrogens with zero attached hydrogens (tertiary/aromatic N) is 1. The Hall–Kier alpha value is -0.0800. The molecule has 0 aliphatic heterocycles. The third kappa shape index (κ3) is 8.26. The van der Waals surface area contributed by atoms with Crippen LogP contribution in [0.4, 0.5) is 0 Å². The minimum atomic E-state index is 0.625. The molecule has 0 fully saturated rings. The summed E-state index contributed by atoms with van der Waals surface area (Å²) < 4.78 is 0. The predicted octanol–water partition coefficient (Wildman–Crippen LogP) is 2.21. The van der Waals surface area contributed by atoms with Crippen LogP contribution in [-0.2, 0) is 0 Å². The van der Waals surface area contributed by atoms with Gasteiger partial charge in [-0.25, -0.2) is 0 Å². The summed E-state index contributed by atoms with van der Waals surface area (Å²) in [4.78, 5) is 2.33. The van der Waals surface area contributed by atoms with Crippen molar-refractivity contribution in [3.8, 4) is 0 Å². The summed E-state index contributed by atoms with van der Waals surface area (Å²) in [6.45, 7) is 13.0. The first-order valence-electron chi connectivity index (χ1n) is 5.47. The minimum absolute atomic E-state index is 0.625. The van der Waals surface area contributed by atoms with Crippen LogP contribution in [0, 0.1) is 5.92 Å². The SMILES string of the molecule is CC.CCN(C)CC(NC)C(C)C. The van der Waals surface area contributed by atoms with Gasteiger partial charge in [0.25, 0.3) is 0 Å². The molecule has 0 aliphatic carbocycles. The summed E-state index contributed by atoms with van der Waals surface area (Å²) in [5.74, 6) is 0.717. The Bertz CT molecular complexity index is 92.1. The zero-order chi connectivity index (χ0) is 10.9. The zero-order valence-electron chi connectivity index (χ0n) is 10.5. The van der Waals surface area contributed by atoms with Crippen LogP contribution in [0.5, 0.6) is 0 Å². The van der Waals surface area contributed by atoms with Crippen LogP contribution in [-0.4, -0.2) is 38.1 Å². The van der Waals surface area contributed by atoms with Crippen molar-refractivity contribution in [3.05, 3.63) is 0 Å². The highest BCUT2D eigenvalue weighted by atomic mass is 15.1. The fourth-order valence-corrected chi connectivity index (χ4v) is 1.10. The van der Waals surface area contributed by atoms with E-state index in [4.69, 9.17) is 0 Å². The summed E-state index contributed by atoms with van der Waals surface area (Å²) in [6.07, 6.45) is 0. The molecule has 0 bridgehead atoms. The average Bonchev–Trinajstić information content (AvgIpc) is 2.16. The lowest BCUT2D eigenvalue weighted by atomic mass is 10.0. The number of hydrogen-bond donors (Lipinski definition) is 1. The quantitative estimate of drug-likeness (QED) is 0.711. The molecule has 0 aromatic carbocycles. The van der Waals surface area contributed by atoms with Gasteiger partial charge in [0.2, 0.25) is 0 Å². The Morgan fingerprint density at radius 1 is 1.23 bits per heavy atom. The lowest BCUT2D eigenvalue weighted by molar-refractivity contribution is 0.272. The van der Waals surface area contributed by atoms with E-state index in [9.17, 15) is 0 Å². The molecule has 0 saturated heterocycles. The summed E-state index contributed by atoms with van der Waals surface area (Å²) in [5.41, 5.74) is 0. The van der Waals surface area contributed by atoms with Gasteiger partial charge in [-0.3, -0.25) is 0 Å². The monoisotopic (exact) mass is 188 g/mol. The van der Waals surface area contributed by atoms with Crippen molar-refractivity contribution < 1.29 is 0 Å². The fraction of sp³-hybridized carbons (Fsp3) is 1.00. The highest BCUT2D eigenvalue weighted by Crippen LogP contribution is 2.01. The topological polar surface area (TPSA) is 15.3 Å². The molecule has 0 aromatic heterocycles. The Labute approximate surface area is 84.7 Å². The van der Waals surface area contributed by atoms with Gasteiger partial charge < -0.3 is 10.2 Å². The second kappa shape index (κ2) is 10.0. The van der Waals surface area contributed by atoms with Crippen molar-refractivity contribution in [2.75, 3.05) is 27.2 Å². The van der Waals surface area contributed by atoms with E-state index >= 15 is 0 Å². The van der Waals surface area contributed by atoms with E-state index in [-0.39, 0.29) is 0 Å². The van der Waals surface area contributed by atoms with Gasteiger partial charge in [0.05, 0.1) is 0 Å². The lowest BCUT2D eigenvalue weighted by Gasteiger charge is -2.25. The molecular weight excluding hydrogens is 160 g/mol. The predicted molar refractivity (Wildman–Crippen MR) is 62.2 cm³/mol. The van der Waals surface area contributed by atoms with E-state index < -0.39 is 0 Å². The molecule has 1 atom stereocenters. The third-order valence-corrected chi connectivity index (χ3v) is 2.22. The molecule has 0 radical (unpaired) electrons. The first-order chi connectivity index (χ1) is 6.11. The Morgan fingerprint density at radius 2 is 1.69 bits per heavy atom. The fourth-order valence-electron chi connectivity index (χ4n) is 1.10.